The van der Waals surface area contributed by atoms with Crippen molar-refractivity contribution in [2.75, 3.05) is 7.05 Å². The molecule has 20 heavy (non-hydrogen) atoms. The summed E-state index contributed by atoms with van der Waals surface area (Å²) >= 11 is 0. The maximum Gasteiger partial charge on any atom is 0.343 e. The highest BCUT2D eigenvalue weighted by atomic mass is 16.5. The Morgan fingerprint density at radius 1 is 1.20 bits per heavy atom. The van der Waals surface area contributed by atoms with Gasteiger partial charge in [0.05, 0.1) is 5.56 Å². The maximum absolute atomic E-state index is 12.0. The Bertz CT molecular complexity index is 591. The van der Waals surface area contributed by atoms with Crippen molar-refractivity contribution in [1.82, 2.24) is 5.06 Å². The summed E-state index contributed by atoms with van der Waals surface area (Å²) in [5.74, 6) is 0.121. The van der Waals surface area contributed by atoms with Crippen LogP contribution in [0, 0.1) is 12.1 Å². The first-order chi connectivity index (χ1) is 9.54. The lowest BCUT2D eigenvalue weighted by Gasteiger charge is -2.21. The minimum atomic E-state index is -0.405. The Kier molecular flexibility index (Phi) is 4.50. The summed E-state index contributed by atoms with van der Waals surface area (Å²) in [7, 11) is 1.46. The third kappa shape index (κ3) is 3.91. The van der Waals surface area contributed by atoms with Crippen LogP contribution in [0.25, 0.3) is 0 Å². The second-order valence-corrected chi connectivity index (χ2v) is 4.69. The molecule has 2 rings (SSSR count). The number of benzene rings is 2. The lowest BCUT2D eigenvalue weighted by Crippen LogP contribution is -2.10. The number of hydrogen-bond donors (Lipinski definition) is 0. The molecule has 0 unspecified atom stereocenters. The lowest BCUT2D eigenvalue weighted by molar-refractivity contribution is 0.0734. The molecule has 0 aliphatic rings. The third-order valence-corrected chi connectivity index (χ3v) is 2.79. The molecule has 4 heteroatoms. The quantitative estimate of drug-likeness (QED) is 0.486. The predicted molar refractivity (Wildman–Crippen MR) is 77.4 cm³/mol. The van der Waals surface area contributed by atoms with E-state index < -0.39 is 5.97 Å². The van der Waals surface area contributed by atoms with Crippen LogP contribution in [-0.4, -0.2) is 18.1 Å². The zero-order valence-corrected chi connectivity index (χ0v) is 11.5. The van der Waals surface area contributed by atoms with E-state index in [1.807, 2.05) is 19.1 Å². The van der Waals surface area contributed by atoms with E-state index in [0.29, 0.717) is 17.9 Å². The van der Waals surface area contributed by atoms with Gasteiger partial charge in [-0.25, -0.2) is 4.79 Å². The molecule has 0 amide bonds. The molecule has 0 bridgehead atoms. The SMILES string of the molecule is Cc1cccc(OC(=O)c2ccc(CN(C)[O-])cc2)c1. The smallest absolute Gasteiger partial charge is 0.343 e. The monoisotopic (exact) mass is 270 g/mol. The van der Waals surface area contributed by atoms with Crippen molar-refractivity contribution in [1.29, 1.82) is 0 Å². The van der Waals surface area contributed by atoms with Crippen LogP contribution in [0.3, 0.4) is 0 Å². The van der Waals surface area contributed by atoms with E-state index in [1.165, 1.54) is 7.05 Å². The van der Waals surface area contributed by atoms with Gasteiger partial charge >= 0.3 is 5.97 Å². The van der Waals surface area contributed by atoms with Crippen molar-refractivity contribution in [2.45, 2.75) is 13.5 Å². The largest absolute Gasteiger partial charge is 0.785 e. The molecule has 104 valence electrons. The number of carbonyl (C=O) groups is 1. The van der Waals surface area contributed by atoms with Crippen molar-refractivity contribution < 1.29 is 9.53 Å². The lowest BCUT2D eigenvalue weighted by atomic mass is 10.1. The van der Waals surface area contributed by atoms with Crippen LogP contribution in [-0.2, 0) is 6.54 Å². The summed E-state index contributed by atoms with van der Waals surface area (Å²) in [5.41, 5.74) is 2.35. The average molecular weight is 270 g/mol. The number of hydrogen-bond acceptors (Lipinski definition) is 4. The van der Waals surface area contributed by atoms with E-state index in [2.05, 4.69) is 0 Å². The van der Waals surface area contributed by atoms with Crippen molar-refractivity contribution in [3.05, 3.63) is 70.4 Å². The minimum absolute atomic E-state index is 0.299. The first-order valence-electron chi connectivity index (χ1n) is 6.30. The van der Waals surface area contributed by atoms with Crippen molar-refractivity contribution in [3.63, 3.8) is 0 Å². The minimum Gasteiger partial charge on any atom is -0.785 e. The first kappa shape index (κ1) is 14.2. The molecule has 2 aromatic carbocycles. The molecule has 0 spiro atoms. The van der Waals surface area contributed by atoms with Crippen molar-refractivity contribution >= 4 is 5.97 Å². The summed E-state index contributed by atoms with van der Waals surface area (Å²) in [6.07, 6.45) is 0. The van der Waals surface area contributed by atoms with Gasteiger partial charge in [0.2, 0.25) is 0 Å². The Balaban J connectivity index is 2.06. The Labute approximate surface area is 118 Å². The predicted octanol–water partition coefficient (Wildman–Crippen LogP) is 3.14. The normalized spacial score (nSPS) is 10.6. The molecule has 0 heterocycles. The fraction of sp³-hybridized carbons (Fsp3) is 0.188. The summed E-state index contributed by atoms with van der Waals surface area (Å²) in [6.45, 7) is 2.23. The highest BCUT2D eigenvalue weighted by Gasteiger charge is 2.08. The van der Waals surface area contributed by atoms with E-state index in [-0.39, 0.29) is 0 Å². The van der Waals surface area contributed by atoms with Gasteiger partial charge in [-0.2, -0.15) is 0 Å². The number of rotatable bonds is 4. The second kappa shape index (κ2) is 6.32. The van der Waals surface area contributed by atoms with Crippen molar-refractivity contribution in [3.8, 4) is 5.75 Å². The van der Waals surface area contributed by atoms with E-state index in [9.17, 15) is 10.0 Å². The van der Waals surface area contributed by atoms with Crippen LogP contribution >= 0.6 is 0 Å². The molecule has 0 N–H and O–H groups in total. The van der Waals surface area contributed by atoms with Crippen molar-refractivity contribution in [2.24, 2.45) is 0 Å². The third-order valence-electron chi connectivity index (χ3n) is 2.79. The number of aryl methyl sites for hydroxylation is 1. The van der Waals surface area contributed by atoms with Gasteiger partial charge in [0.25, 0.3) is 0 Å². The maximum atomic E-state index is 12.0. The number of esters is 1. The topological polar surface area (TPSA) is 52.6 Å². The first-order valence-corrected chi connectivity index (χ1v) is 6.30. The standard InChI is InChI=1S/C16H16NO3/c1-12-4-3-5-15(10-12)20-16(18)14-8-6-13(7-9-14)11-17(2)19/h3-10H,11H2,1-2H3/q-1. The molecule has 0 atom stereocenters. The highest BCUT2D eigenvalue weighted by Crippen LogP contribution is 2.15. The molecular formula is C16H16NO3-. The summed E-state index contributed by atoms with van der Waals surface area (Å²) < 4.78 is 5.29. The summed E-state index contributed by atoms with van der Waals surface area (Å²) in [6, 6.07) is 14.2. The fourth-order valence-corrected chi connectivity index (χ4v) is 1.85. The number of hydroxylamine groups is 2. The Morgan fingerprint density at radius 3 is 2.50 bits per heavy atom. The molecule has 0 aliphatic heterocycles. The average Bonchev–Trinajstić information content (AvgIpc) is 2.38. The molecular weight excluding hydrogens is 254 g/mol. The summed E-state index contributed by atoms with van der Waals surface area (Å²) in [5, 5.41) is 11.8. The Morgan fingerprint density at radius 2 is 1.90 bits per heavy atom. The van der Waals surface area contributed by atoms with Crippen LogP contribution < -0.4 is 4.74 Å². The zero-order valence-electron chi connectivity index (χ0n) is 11.5. The van der Waals surface area contributed by atoms with Gasteiger partial charge in [0, 0.05) is 6.54 Å². The highest BCUT2D eigenvalue weighted by molar-refractivity contribution is 5.91. The van der Waals surface area contributed by atoms with Crippen LogP contribution in [0.15, 0.2) is 48.5 Å². The van der Waals surface area contributed by atoms with Crippen LogP contribution in [0.1, 0.15) is 21.5 Å². The number of nitrogens with zero attached hydrogens (tertiary/aromatic N) is 1. The van der Waals surface area contributed by atoms with Gasteiger partial charge in [-0.3, -0.25) is 0 Å². The number of carbonyl (C=O) groups excluding carboxylic acids is 1. The summed E-state index contributed by atoms with van der Waals surface area (Å²) in [4.78, 5) is 12.0. The molecule has 0 saturated carbocycles. The molecule has 0 radical (unpaired) electrons. The molecule has 0 fully saturated rings. The van der Waals surface area contributed by atoms with E-state index in [1.54, 1.807) is 36.4 Å². The second-order valence-electron chi connectivity index (χ2n) is 4.69. The number of ether oxygens (including phenoxy) is 1. The molecule has 0 aromatic heterocycles. The van der Waals surface area contributed by atoms with Crippen LogP contribution in [0.5, 0.6) is 5.75 Å². The van der Waals surface area contributed by atoms with E-state index >= 15 is 0 Å². The molecule has 0 aliphatic carbocycles. The van der Waals surface area contributed by atoms with Gasteiger partial charge in [-0.15, -0.1) is 0 Å². The molecule has 4 nitrogen and oxygen atoms in total. The molecule has 0 saturated heterocycles. The van der Waals surface area contributed by atoms with Gasteiger partial charge in [-0.05, 0) is 49.4 Å². The van der Waals surface area contributed by atoms with E-state index in [0.717, 1.165) is 16.2 Å². The zero-order chi connectivity index (χ0) is 14.5. The molecule has 2 aromatic rings. The fourth-order valence-electron chi connectivity index (χ4n) is 1.85. The van der Waals surface area contributed by atoms with Gasteiger partial charge in [-0.1, -0.05) is 24.3 Å². The van der Waals surface area contributed by atoms with E-state index in [4.69, 9.17) is 4.74 Å². The van der Waals surface area contributed by atoms with Gasteiger partial charge in [0.1, 0.15) is 5.75 Å². The van der Waals surface area contributed by atoms with Gasteiger partial charge < -0.3 is 15.0 Å². The van der Waals surface area contributed by atoms with Crippen LogP contribution in [0.4, 0.5) is 0 Å². The Hall–Kier alpha value is -2.17. The van der Waals surface area contributed by atoms with Gasteiger partial charge in [0.15, 0.2) is 0 Å². The van der Waals surface area contributed by atoms with Crippen LogP contribution in [0.2, 0.25) is 0 Å².